The number of carbonyl (C=O) groups excluding carboxylic acids is 2. The molecule has 2 heterocycles. The Labute approximate surface area is 155 Å². The number of hydrazine groups is 1. The summed E-state index contributed by atoms with van der Waals surface area (Å²) in [4.78, 5) is 30.9. The van der Waals surface area contributed by atoms with Crippen molar-refractivity contribution in [2.45, 2.75) is 0 Å². The number of carbonyl (C=O) groups is 2. The van der Waals surface area contributed by atoms with Crippen molar-refractivity contribution in [2.75, 3.05) is 45.7 Å². The number of methoxy groups -OCH3 is 1. The van der Waals surface area contributed by atoms with Gasteiger partial charge in [-0.2, -0.15) is 0 Å². The molecule has 0 saturated carbocycles. The standard InChI is InChI=1S/C17H21N5O3S/c1-21-7-9-22(10-8-21)20-16(24)14-11-26-17(18-14)19-15(23)12-3-5-13(25-2)6-4-12/h3-6,11H,7-10H2,1-2H3,(H,20,24)(H,18,19,23). The van der Waals surface area contributed by atoms with Crippen LogP contribution in [0.5, 0.6) is 5.75 Å². The van der Waals surface area contributed by atoms with Crippen molar-refractivity contribution in [1.29, 1.82) is 0 Å². The van der Waals surface area contributed by atoms with Gasteiger partial charge in [-0.1, -0.05) is 0 Å². The fraction of sp³-hybridized carbons (Fsp3) is 0.353. The molecule has 8 nitrogen and oxygen atoms in total. The number of likely N-dealkylation sites (N-methyl/N-ethyl adjacent to an activating group) is 1. The van der Waals surface area contributed by atoms with Crippen molar-refractivity contribution < 1.29 is 14.3 Å². The zero-order valence-electron chi connectivity index (χ0n) is 14.7. The van der Waals surface area contributed by atoms with Gasteiger partial charge in [-0.05, 0) is 31.3 Å². The summed E-state index contributed by atoms with van der Waals surface area (Å²) in [5.41, 5.74) is 3.63. The molecule has 1 fully saturated rings. The Kier molecular flexibility index (Phi) is 5.82. The number of rotatable bonds is 5. The van der Waals surface area contributed by atoms with E-state index in [1.54, 1.807) is 36.8 Å². The molecule has 3 rings (SSSR count). The molecular weight excluding hydrogens is 354 g/mol. The molecule has 0 bridgehead atoms. The van der Waals surface area contributed by atoms with Crippen LogP contribution >= 0.6 is 11.3 Å². The Balaban J connectivity index is 1.56. The molecule has 0 spiro atoms. The van der Waals surface area contributed by atoms with Crippen molar-refractivity contribution in [2.24, 2.45) is 0 Å². The molecule has 1 aliphatic heterocycles. The SMILES string of the molecule is COc1ccc(C(=O)Nc2nc(C(=O)NN3CCN(C)CC3)cs2)cc1. The van der Waals surface area contributed by atoms with Crippen molar-refractivity contribution in [1.82, 2.24) is 20.3 Å². The van der Waals surface area contributed by atoms with E-state index in [0.717, 1.165) is 26.2 Å². The van der Waals surface area contributed by atoms with Crippen LogP contribution in [0.15, 0.2) is 29.6 Å². The molecule has 1 aromatic heterocycles. The highest BCUT2D eigenvalue weighted by Gasteiger charge is 2.19. The Morgan fingerprint density at radius 2 is 1.81 bits per heavy atom. The van der Waals surface area contributed by atoms with Gasteiger partial charge in [0.1, 0.15) is 11.4 Å². The molecule has 26 heavy (non-hydrogen) atoms. The summed E-state index contributed by atoms with van der Waals surface area (Å²) in [6, 6.07) is 6.77. The minimum atomic E-state index is -0.284. The molecule has 2 aromatic rings. The number of nitrogens with one attached hydrogen (secondary N) is 2. The number of ether oxygens (including phenoxy) is 1. The maximum atomic E-state index is 12.3. The number of amides is 2. The van der Waals surface area contributed by atoms with E-state index in [1.807, 2.05) is 5.01 Å². The Morgan fingerprint density at radius 1 is 1.12 bits per heavy atom. The number of aromatic nitrogens is 1. The first-order valence-electron chi connectivity index (χ1n) is 8.20. The lowest BCUT2D eigenvalue weighted by molar-refractivity contribution is 0.0658. The summed E-state index contributed by atoms with van der Waals surface area (Å²) in [5.74, 6) is 0.127. The highest BCUT2D eigenvalue weighted by atomic mass is 32.1. The largest absolute Gasteiger partial charge is 0.497 e. The Hall–Kier alpha value is -2.49. The van der Waals surface area contributed by atoms with E-state index < -0.39 is 0 Å². The number of thiazole rings is 1. The Morgan fingerprint density at radius 3 is 2.46 bits per heavy atom. The number of anilines is 1. The van der Waals surface area contributed by atoms with Crippen LogP contribution in [-0.2, 0) is 0 Å². The van der Waals surface area contributed by atoms with Gasteiger partial charge in [0.05, 0.1) is 7.11 Å². The van der Waals surface area contributed by atoms with E-state index in [4.69, 9.17) is 4.74 Å². The monoisotopic (exact) mass is 375 g/mol. The lowest BCUT2D eigenvalue weighted by Crippen LogP contribution is -2.52. The Bertz CT molecular complexity index is 769. The van der Waals surface area contributed by atoms with Gasteiger partial charge in [0.25, 0.3) is 11.8 Å². The number of nitrogens with zero attached hydrogens (tertiary/aromatic N) is 3. The molecule has 2 amide bonds. The minimum Gasteiger partial charge on any atom is -0.497 e. The lowest BCUT2D eigenvalue weighted by Gasteiger charge is -2.32. The van der Waals surface area contributed by atoms with Crippen molar-refractivity contribution in [3.63, 3.8) is 0 Å². The van der Waals surface area contributed by atoms with Crippen LogP contribution in [0.2, 0.25) is 0 Å². The topological polar surface area (TPSA) is 86.8 Å². The van der Waals surface area contributed by atoms with Gasteiger partial charge in [0, 0.05) is 37.1 Å². The van der Waals surface area contributed by atoms with Crippen LogP contribution in [0, 0.1) is 0 Å². The number of benzene rings is 1. The zero-order chi connectivity index (χ0) is 18.5. The summed E-state index contributed by atoms with van der Waals surface area (Å²) in [6.07, 6.45) is 0. The smallest absolute Gasteiger partial charge is 0.285 e. The van der Waals surface area contributed by atoms with Crippen LogP contribution in [0.1, 0.15) is 20.8 Å². The van der Waals surface area contributed by atoms with E-state index in [1.165, 1.54) is 11.3 Å². The van der Waals surface area contributed by atoms with Crippen LogP contribution in [0.25, 0.3) is 0 Å². The van der Waals surface area contributed by atoms with Gasteiger partial charge < -0.3 is 9.64 Å². The molecule has 1 aromatic carbocycles. The zero-order valence-corrected chi connectivity index (χ0v) is 15.5. The molecule has 138 valence electrons. The van der Waals surface area contributed by atoms with Crippen molar-refractivity contribution >= 4 is 28.3 Å². The van der Waals surface area contributed by atoms with Crippen molar-refractivity contribution in [3.8, 4) is 5.75 Å². The average Bonchev–Trinajstić information content (AvgIpc) is 3.12. The fourth-order valence-electron chi connectivity index (χ4n) is 2.47. The van der Waals surface area contributed by atoms with Crippen LogP contribution in [0.4, 0.5) is 5.13 Å². The molecule has 0 aliphatic carbocycles. The minimum absolute atomic E-state index is 0.268. The first-order chi connectivity index (χ1) is 12.5. The highest BCUT2D eigenvalue weighted by Crippen LogP contribution is 2.18. The molecule has 1 saturated heterocycles. The van der Waals surface area contributed by atoms with Gasteiger partial charge in [0.2, 0.25) is 0 Å². The maximum absolute atomic E-state index is 12.3. The summed E-state index contributed by atoms with van der Waals surface area (Å²) >= 11 is 1.22. The first kappa shape index (κ1) is 18.3. The lowest BCUT2D eigenvalue weighted by atomic mass is 10.2. The van der Waals surface area contributed by atoms with E-state index in [0.29, 0.717) is 22.1 Å². The number of piperazine rings is 1. The van der Waals surface area contributed by atoms with Crippen LogP contribution in [-0.4, -0.2) is 67.0 Å². The molecular formula is C17H21N5O3S. The second kappa shape index (κ2) is 8.26. The van der Waals surface area contributed by atoms with E-state index in [9.17, 15) is 9.59 Å². The normalized spacial score (nSPS) is 15.5. The second-order valence-corrected chi connectivity index (χ2v) is 6.81. The third kappa shape index (κ3) is 4.57. The van der Waals surface area contributed by atoms with Gasteiger partial charge in [-0.3, -0.25) is 20.3 Å². The third-order valence-electron chi connectivity index (χ3n) is 4.07. The van der Waals surface area contributed by atoms with E-state index in [-0.39, 0.29) is 11.8 Å². The predicted molar refractivity (Wildman–Crippen MR) is 99.6 cm³/mol. The predicted octanol–water partition coefficient (Wildman–Crippen LogP) is 1.30. The van der Waals surface area contributed by atoms with Gasteiger partial charge in [0.15, 0.2) is 5.13 Å². The average molecular weight is 375 g/mol. The molecule has 9 heteroatoms. The van der Waals surface area contributed by atoms with Crippen LogP contribution in [0.3, 0.4) is 0 Å². The van der Waals surface area contributed by atoms with E-state index >= 15 is 0 Å². The first-order valence-corrected chi connectivity index (χ1v) is 9.08. The molecule has 0 radical (unpaired) electrons. The summed E-state index contributed by atoms with van der Waals surface area (Å²) in [6.45, 7) is 3.35. The molecule has 2 N–H and O–H groups in total. The summed E-state index contributed by atoms with van der Waals surface area (Å²) in [5, 5.41) is 6.61. The number of hydrogen-bond acceptors (Lipinski definition) is 7. The molecule has 0 atom stereocenters. The fourth-order valence-corrected chi connectivity index (χ4v) is 3.15. The molecule has 0 unspecified atom stereocenters. The van der Waals surface area contributed by atoms with Gasteiger partial charge in [-0.15, -0.1) is 11.3 Å². The summed E-state index contributed by atoms with van der Waals surface area (Å²) < 4.78 is 5.07. The molecule has 1 aliphatic rings. The summed E-state index contributed by atoms with van der Waals surface area (Å²) in [7, 11) is 3.62. The van der Waals surface area contributed by atoms with Crippen molar-refractivity contribution in [3.05, 3.63) is 40.9 Å². The maximum Gasteiger partial charge on any atom is 0.285 e. The van der Waals surface area contributed by atoms with E-state index in [2.05, 4.69) is 27.7 Å². The third-order valence-corrected chi connectivity index (χ3v) is 4.83. The van der Waals surface area contributed by atoms with Crippen LogP contribution < -0.4 is 15.5 Å². The quantitative estimate of drug-likeness (QED) is 0.819. The highest BCUT2D eigenvalue weighted by molar-refractivity contribution is 7.14. The van der Waals surface area contributed by atoms with Gasteiger partial charge in [-0.25, -0.2) is 9.99 Å². The van der Waals surface area contributed by atoms with Gasteiger partial charge >= 0.3 is 0 Å². The second-order valence-electron chi connectivity index (χ2n) is 5.95. The number of hydrogen-bond donors (Lipinski definition) is 2.